The highest BCUT2D eigenvalue weighted by Crippen LogP contribution is 2.15. The predicted molar refractivity (Wildman–Crippen MR) is 82.6 cm³/mol. The highest BCUT2D eigenvalue weighted by atomic mass is 16.2. The van der Waals surface area contributed by atoms with E-state index in [-0.39, 0.29) is 17.9 Å². The van der Waals surface area contributed by atoms with Crippen LogP contribution in [0, 0.1) is 0 Å². The van der Waals surface area contributed by atoms with Crippen molar-refractivity contribution in [2.24, 2.45) is 0 Å². The fraction of sp³-hybridized carbons (Fsp3) is 0.500. The van der Waals surface area contributed by atoms with Crippen LogP contribution in [0.1, 0.15) is 31.7 Å². The number of nitrogen functional groups attached to an aromatic ring is 1. The monoisotopic (exact) mass is 289 g/mol. The summed E-state index contributed by atoms with van der Waals surface area (Å²) >= 11 is 0. The fourth-order valence-electron chi connectivity index (χ4n) is 2.77. The maximum absolute atomic E-state index is 12.3. The molecule has 114 valence electrons. The number of nitrogens with one attached hydrogen (secondary N) is 1. The highest BCUT2D eigenvalue weighted by molar-refractivity contribution is 5.77. The van der Waals surface area contributed by atoms with E-state index in [4.69, 9.17) is 5.73 Å². The molecule has 0 aromatic heterocycles. The first kappa shape index (κ1) is 15.4. The second-order valence-electron chi connectivity index (χ2n) is 5.58. The van der Waals surface area contributed by atoms with Crippen molar-refractivity contribution in [3.8, 4) is 0 Å². The van der Waals surface area contributed by atoms with Crippen LogP contribution in [-0.4, -0.2) is 35.8 Å². The summed E-state index contributed by atoms with van der Waals surface area (Å²) in [6.45, 7) is 2.90. The number of hydrogen-bond donors (Lipinski definition) is 2. The number of aryl methyl sites for hydroxylation is 1. The normalized spacial score (nSPS) is 18.3. The van der Waals surface area contributed by atoms with E-state index >= 15 is 0 Å². The number of piperidine rings is 1. The van der Waals surface area contributed by atoms with Gasteiger partial charge in [-0.15, -0.1) is 0 Å². The maximum atomic E-state index is 12.3. The molecule has 0 bridgehead atoms. The number of benzene rings is 1. The molecular formula is C16H23N3O2. The van der Waals surface area contributed by atoms with Gasteiger partial charge in [-0.25, -0.2) is 0 Å². The number of nitrogens with zero attached hydrogens (tertiary/aromatic N) is 1. The first-order valence-electron chi connectivity index (χ1n) is 7.44. The van der Waals surface area contributed by atoms with Crippen LogP contribution >= 0.6 is 0 Å². The Morgan fingerprint density at radius 2 is 2.14 bits per heavy atom. The van der Waals surface area contributed by atoms with Crippen LogP contribution < -0.4 is 11.1 Å². The van der Waals surface area contributed by atoms with Crippen LogP contribution in [0.15, 0.2) is 24.3 Å². The van der Waals surface area contributed by atoms with Crippen molar-refractivity contribution < 1.29 is 9.59 Å². The largest absolute Gasteiger partial charge is 0.399 e. The molecule has 1 heterocycles. The molecule has 0 radical (unpaired) electrons. The van der Waals surface area contributed by atoms with Crippen LogP contribution in [0.25, 0.3) is 0 Å². The highest BCUT2D eigenvalue weighted by Gasteiger charge is 2.23. The maximum Gasteiger partial charge on any atom is 0.222 e. The third kappa shape index (κ3) is 4.48. The first-order chi connectivity index (χ1) is 10.1. The Kier molecular flexibility index (Phi) is 5.20. The molecule has 1 aliphatic heterocycles. The van der Waals surface area contributed by atoms with Crippen LogP contribution in [0.2, 0.25) is 0 Å². The van der Waals surface area contributed by atoms with Gasteiger partial charge in [0.25, 0.3) is 0 Å². The summed E-state index contributed by atoms with van der Waals surface area (Å²) in [7, 11) is 0. The van der Waals surface area contributed by atoms with Crippen LogP contribution in [0.3, 0.4) is 0 Å². The van der Waals surface area contributed by atoms with Gasteiger partial charge in [0.15, 0.2) is 0 Å². The van der Waals surface area contributed by atoms with Crippen LogP contribution in [-0.2, 0) is 16.0 Å². The van der Waals surface area contributed by atoms with E-state index in [1.54, 1.807) is 0 Å². The summed E-state index contributed by atoms with van der Waals surface area (Å²) in [5, 5.41) is 2.90. The molecule has 0 spiro atoms. The van der Waals surface area contributed by atoms with E-state index in [1.165, 1.54) is 6.92 Å². The molecule has 1 atom stereocenters. The van der Waals surface area contributed by atoms with Gasteiger partial charge < -0.3 is 16.0 Å². The van der Waals surface area contributed by atoms with Crippen molar-refractivity contribution in [3.63, 3.8) is 0 Å². The molecule has 5 nitrogen and oxygen atoms in total. The van der Waals surface area contributed by atoms with Crippen molar-refractivity contribution in [2.45, 2.75) is 38.6 Å². The minimum atomic E-state index is -0.0358. The molecule has 1 saturated heterocycles. The smallest absolute Gasteiger partial charge is 0.222 e. The molecule has 0 aliphatic carbocycles. The van der Waals surface area contributed by atoms with E-state index < -0.39 is 0 Å². The Balaban J connectivity index is 1.85. The van der Waals surface area contributed by atoms with E-state index in [1.807, 2.05) is 29.2 Å². The molecule has 2 rings (SSSR count). The Labute approximate surface area is 125 Å². The molecule has 1 unspecified atom stereocenters. The standard InChI is InChI=1S/C16H23N3O2/c1-12(20)18-14-6-4-10-19(11-14)16(21)9-8-13-5-2-3-7-15(13)17/h2-3,5,7,14H,4,6,8-11,17H2,1H3,(H,18,20). The summed E-state index contributed by atoms with van der Waals surface area (Å²) in [6, 6.07) is 7.72. The Morgan fingerprint density at radius 3 is 2.86 bits per heavy atom. The molecular weight excluding hydrogens is 266 g/mol. The van der Waals surface area contributed by atoms with Crippen molar-refractivity contribution >= 4 is 17.5 Å². The van der Waals surface area contributed by atoms with Crippen molar-refractivity contribution in [2.75, 3.05) is 18.8 Å². The van der Waals surface area contributed by atoms with E-state index in [0.29, 0.717) is 19.4 Å². The summed E-state index contributed by atoms with van der Waals surface area (Å²) in [4.78, 5) is 25.2. The quantitative estimate of drug-likeness (QED) is 0.821. The van der Waals surface area contributed by atoms with Crippen LogP contribution in [0.4, 0.5) is 5.69 Å². The topological polar surface area (TPSA) is 75.4 Å². The van der Waals surface area contributed by atoms with Crippen molar-refractivity contribution in [1.82, 2.24) is 10.2 Å². The third-order valence-corrected chi connectivity index (χ3v) is 3.84. The van der Waals surface area contributed by atoms with Crippen LogP contribution in [0.5, 0.6) is 0 Å². The SMILES string of the molecule is CC(=O)NC1CCCN(C(=O)CCc2ccccc2N)C1. The molecule has 0 saturated carbocycles. The molecule has 2 amide bonds. The molecule has 1 aromatic rings. The Morgan fingerprint density at radius 1 is 1.38 bits per heavy atom. The molecule has 1 fully saturated rings. The number of para-hydroxylation sites is 1. The van der Waals surface area contributed by atoms with Gasteiger partial charge in [0.2, 0.25) is 11.8 Å². The van der Waals surface area contributed by atoms with Crippen molar-refractivity contribution in [3.05, 3.63) is 29.8 Å². The summed E-state index contributed by atoms with van der Waals surface area (Å²) in [5.41, 5.74) is 7.64. The minimum Gasteiger partial charge on any atom is -0.399 e. The lowest BCUT2D eigenvalue weighted by Crippen LogP contribution is -2.49. The number of likely N-dealkylation sites (tertiary alicyclic amines) is 1. The number of nitrogens with two attached hydrogens (primary N) is 1. The van der Waals surface area contributed by atoms with Gasteiger partial charge in [0.1, 0.15) is 0 Å². The summed E-state index contributed by atoms with van der Waals surface area (Å²) in [5.74, 6) is 0.0969. The molecule has 1 aliphatic rings. The van der Waals surface area contributed by atoms with Gasteiger partial charge >= 0.3 is 0 Å². The number of rotatable bonds is 4. The summed E-state index contributed by atoms with van der Waals surface area (Å²) in [6.07, 6.45) is 2.99. The number of anilines is 1. The Hall–Kier alpha value is -2.04. The number of amides is 2. The first-order valence-corrected chi connectivity index (χ1v) is 7.44. The number of hydrogen-bond acceptors (Lipinski definition) is 3. The second-order valence-corrected chi connectivity index (χ2v) is 5.58. The molecule has 5 heteroatoms. The predicted octanol–water partition coefficient (Wildman–Crippen LogP) is 1.33. The zero-order chi connectivity index (χ0) is 15.2. The van der Waals surface area contributed by atoms with Gasteiger partial charge in [-0.05, 0) is 30.9 Å². The van der Waals surface area contributed by atoms with Gasteiger partial charge in [-0.3, -0.25) is 9.59 Å². The number of carbonyl (C=O) groups is 2. The van der Waals surface area contributed by atoms with Gasteiger partial charge in [-0.2, -0.15) is 0 Å². The molecule has 1 aromatic carbocycles. The lowest BCUT2D eigenvalue weighted by atomic mass is 10.0. The molecule has 21 heavy (non-hydrogen) atoms. The van der Waals surface area contributed by atoms with E-state index in [0.717, 1.165) is 30.6 Å². The minimum absolute atomic E-state index is 0.0358. The number of carbonyl (C=O) groups excluding carboxylic acids is 2. The lowest BCUT2D eigenvalue weighted by molar-refractivity contribution is -0.133. The van der Waals surface area contributed by atoms with E-state index in [2.05, 4.69) is 5.32 Å². The Bertz CT molecular complexity index is 516. The van der Waals surface area contributed by atoms with Gasteiger partial charge in [-0.1, -0.05) is 18.2 Å². The van der Waals surface area contributed by atoms with E-state index in [9.17, 15) is 9.59 Å². The molecule has 3 N–H and O–H groups in total. The van der Waals surface area contributed by atoms with Crippen molar-refractivity contribution in [1.29, 1.82) is 0 Å². The second kappa shape index (κ2) is 7.11. The summed E-state index contributed by atoms with van der Waals surface area (Å²) < 4.78 is 0. The third-order valence-electron chi connectivity index (χ3n) is 3.84. The average Bonchev–Trinajstić information content (AvgIpc) is 2.45. The van der Waals surface area contributed by atoms with Gasteiger partial charge in [0.05, 0.1) is 0 Å². The zero-order valence-corrected chi connectivity index (χ0v) is 12.5. The van der Waals surface area contributed by atoms with Gasteiger partial charge in [0, 0.05) is 38.2 Å². The average molecular weight is 289 g/mol. The fourth-order valence-corrected chi connectivity index (χ4v) is 2.77. The lowest BCUT2D eigenvalue weighted by Gasteiger charge is -2.33. The zero-order valence-electron chi connectivity index (χ0n) is 12.5.